The number of nitrogens with zero attached hydrogens (tertiary/aromatic N) is 2. The molecule has 1 aliphatic rings. The first-order valence-electron chi connectivity index (χ1n) is 7.53. The Hall–Kier alpha value is -0.870. The largest absolute Gasteiger partial charge is 0.448 e. The summed E-state index contributed by atoms with van der Waals surface area (Å²) >= 11 is 0. The molecule has 0 spiro atoms. The van der Waals surface area contributed by atoms with E-state index in [2.05, 4.69) is 29.0 Å². The maximum atomic E-state index is 5.68. The number of aromatic nitrogens is 1. The number of rotatable bonds is 6. The Kier molecular flexibility index (Phi) is 5.40. The summed E-state index contributed by atoms with van der Waals surface area (Å²) in [5.41, 5.74) is 1.11. The van der Waals surface area contributed by atoms with Crippen molar-refractivity contribution in [2.24, 2.45) is 0 Å². The Morgan fingerprint density at radius 3 is 2.79 bits per heavy atom. The molecule has 1 saturated heterocycles. The lowest BCUT2D eigenvalue weighted by Gasteiger charge is -2.33. The van der Waals surface area contributed by atoms with E-state index in [1.165, 1.54) is 25.9 Å². The minimum absolute atomic E-state index is 0.521. The molecule has 108 valence electrons. The average Bonchev–Trinajstić information content (AvgIpc) is 2.88. The van der Waals surface area contributed by atoms with Gasteiger partial charge in [-0.25, -0.2) is 4.98 Å². The normalized spacial score (nSPS) is 18.3. The minimum Gasteiger partial charge on any atom is -0.448 e. The number of hydrogen-bond donors (Lipinski definition) is 1. The standard InChI is InChI=1S/C15H27N3O/c1-12(2)18-9-6-13(7-10-18)15-17-14(11-19-15)5-4-8-16-3/h11-13,16H,4-10H2,1-3H3. The Morgan fingerprint density at radius 2 is 2.16 bits per heavy atom. The lowest BCUT2D eigenvalue weighted by Crippen LogP contribution is -2.37. The summed E-state index contributed by atoms with van der Waals surface area (Å²) in [6, 6.07) is 0.655. The van der Waals surface area contributed by atoms with Crippen molar-refractivity contribution in [3.63, 3.8) is 0 Å². The summed E-state index contributed by atoms with van der Waals surface area (Å²) in [7, 11) is 1.98. The molecule has 0 atom stereocenters. The monoisotopic (exact) mass is 265 g/mol. The van der Waals surface area contributed by atoms with Crippen molar-refractivity contribution in [2.75, 3.05) is 26.7 Å². The summed E-state index contributed by atoms with van der Waals surface area (Å²) in [4.78, 5) is 7.20. The van der Waals surface area contributed by atoms with E-state index < -0.39 is 0 Å². The molecule has 4 nitrogen and oxygen atoms in total. The SMILES string of the molecule is CNCCCc1coc(C2CCN(C(C)C)CC2)n1. The van der Waals surface area contributed by atoms with Crippen molar-refractivity contribution in [3.8, 4) is 0 Å². The summed E-state index contributed by atoms with van der Waals surface area (Å²) in [6.07, 6.45) is 6.33. The number of piperidine rings is 1. The van der Waals surface area contributed by atoms with E-state index in [4.69, 9.17) is 4.42 Å². The summed E-state index contributed by atoms with van der Waals surface area (Å²) in [5, 5.41) is 3.16. The van der Waals surface area contributed by atoms with Crippen LogP contribution in [0.4, 0.5) is 0 Å². The highest BCUT2D eigenvalue weighted by Gasteiger charge is 2.25. The maximum Gasteiger partial charge on any atom is 0.197 e. The van der Waals surface area contributed by atoms with Crippen molar-refractivity contribution in [2.45, 2.75) is 51.5 Å². The Balaban J connectivity index is 1.82. The second-order valence-electron chi connectivity index (χ2n) is 5.79. The number of oxazole rings is 1. The summed E-state index contributed by atoms with van der Waals surface area (Å²) in [5.74, 6) is 1.48. The second-order valence-corrected chi connectivity index (χ2v) is 5.79. The van der Waals surface area contributed by atoms with Crippen LogP contribution in [0.5, 0.6) is 0 Å². The second kappa shape index (κ2) is 7.06. The van der Waals surface area contributed by atoms with Crippen LogP contribution in [0.15, 0.2) is 10.7 Å². The van der Waals surface area contributed by atoms with Gasteiger partial charge in [-0.3, -0.25) is 0 Å². The first-order valence-corrected chi connectivity index (χ1v) is 7.53. The fraction of sp³-hybridized carbons (Fsp3) is 0.800. The lowest BCUT2D eigenvalue weighted by atomic mass is 9.96. The molecule has 1 aliphatic heterocycles. The van der Waals surface area contributed by atoms with Crippen LogP contribution in [0.1, 0.15) is 50.6 Å². The summed E-state index contributed by atoms with van der Waals surface area (Å²) in [6.45, 7) is 7.91. The topological polar surface area (TPSA) is 41.3 Å². The van der Waals surface area contributed by atoms with Gasteiger partial charge in [0.05, 0.1) is 5.69 Å². The van der Waals surface area contributed by atoms with E-state index in [0.717, 1.165) is 31.0 Å². The van der Waals surface area contributed by atoms with E-state index in [1.807, 2.05) is 13.3 Å². The molecule has 0 bridgehead atoms. The van der Waals surface area contributed by atoms with Crippen LogP contribution in [-0.4, -0.2) is 42.6 Å². The predicted octanol–water partition coefficient (Wildman–Crippen LogP) is 2.41. The molecule has 1 N–H and O–H groups in total. The molecule has 0 aliphatic carbocycles. The molecular formula is C15H27N3O. The molecule has 0 radical (unpaired) electrons. The predicted molar refractivity (Wildman–Crippen MR) is 77.4 cm³/mol. The van der Waals surface area contributed by atoms with E-state index in [0.29, 0.717) is 12.0 Å². The van der Waals surface area contributed by atoms with Gasteiger partial charge in [-0.2, -0.15) is 0 Å². The van der Waals surface area contributed by atoms with Crippen LogP contribution in [-0.2, 0) is 6.42 Å². The third-order valence-corrected chi connectivity index (χ3v) is 4.04. The number of nitrogens with one attached hydrogen (secondary N) is 1. The molecule has 1 fully saturated rings. The van der Waals surface area contributed by atoms with Gasteiger partial charge < -0.3 is 14.6 Å². The third-order valence-electron chi connectivity index (χ3n) is 4.04. The highest BCUT2D eigenvalue weighted by atomic mass is 16.3. The van der Waals surface area contributed by atoms with Gasteiger partial charge in [0.1, 0.15) is 6.26 Å². The van der Waals surface area contributed by atoms with Crippen molar-refractivity contribution >= 4 is 0 Å². The van der Waals surface area contributed by atoms with Crippen LogP contribution < -0.4 is 5.32 Å². The fourth-order valence-corrected chi connectivity index (χ4v) is 2.73. The highest BCUT2D eigenvalue weighted by Crippen LogP contribution is 2.28. The van der Waals surface area contributed by atoms with Crippen LogP contribution in [0.3, 0.4) is 0 Å². The molecule has 4 heteroatoms. The molecule has 1 aromatic heterocycles. The number of likely N-dealkylation sites (tertiary alicyclic amines) is 1. The number of hydrogen-bond acceptors (Lipinski definition) is 4. The Labute approximate surface area is 116 Å². The number of aryl methyl sites for hydroxylation is 1. The lowest BCUT2D eigenvalue weighted by molar-refractivity contribution is 0.163. The smallest absolute Gasteiger partial charge is 0.197 e. The Morgan fingerprint density at radius 1 is 1.42 bits per heavy atom. The average molecular weight is 265 g/mol. The van der Waals surface area contributed by atoms with Gasteiger partial charge >= 0.3 is 0 Å². The minimum atomic E-state index is 0.521. The zero-order valence-corrected chi connectivity index (χ0v) is 12.5. The van der Waals surface area contributed by atoms with Crippen molar-refractivity contribution in [3.05, 3.63) is 17.8 Å². The van der Waals surface area contributed by atoms with Crippen LogP contribution >= 0.6 is 0 Å². The van der Waals surface area contributed by atoms with Crippen molar-refractivity contribution in [1.82, 2.24) is 15.2 Å². The molecule has 0 saturated carbocycles. The van der Waals surface area contributed by atoms with Gasteiger partial charge in [0, 0.05) is 12.0 Å². The molecule has 19 heavy (non-hydrogen) atoms. The van der Waals surface area contributed by atoms with Gasteiger partial charge in [0.25, 0.3) is 0 Å². The van der Waals surface area contributed by atoms with Gasteiger partial charge in [-0.15, -0.1) is 0 Å². The molecule has 2 heterocycles. The van der Waals surface area contributed by atoms with Gasteiger partial charge in [0.15, 0.2) is 5.89 Å². The van der Waals surface area contributed by atoms with E-state index >= 15 is 0 Å². The van der Waals surface area contributed by atoms with Crippen molar-refractivity contribution < 1.29 is 4.42 Å². The van der Waals surface area contributed by atoms with Crippen LogP contribution in [0.25, 0.3) is 0 Å². The van der Waals surface area contributed by atoms with E-state index in [9.17, 15) is 0 Å². The van der Waals surface area contributed by atoms with E-state index in [-0.39, 0.29) is 0 Å². The Bertz CT molecular complexity index is 367. The first kappa shape index (κ1) is 14.5. The fourth-order valence-electron chi connectivity index (χ4n) is 2.73. The summed E-state index contributed by atoms with van der Waals surface area (Å²) < 4.78 is 5.68. The van der Waals surface area contributed by atoms with Crippen molar-refractivity contribution in [1.29, 1.82) is 0 Å². The zero-order valence-electron chi connectivity index (χ0n) is 12.5. The third kappa shape index (κ3) is 4.05. The van der Waals surface area contributed by atoms with Gasteiger partial charge in [-0.05, 0) is 66.2 Å². The molecule has 2 rings (SSSR count). The van der Waals surface area contributed by atoms with Crippen LogP contribution in [0.2, 0.25) is 0 Å². The van der Waals surface area contributed by atoms with Crippen LogP contribution in [0, 0.1) is 0 Å². The highest BCUT2D eigenvalue weighted by molar-refractivity contribution is 5.02. The van der Waals surface area contributed by atoms with Gasteiger partial charge in [-0.1, -0.05) is 0 Å². The molecule has 1 aromatic rings. The molecule has 0 aromatic carbocycles. The maximum absolute atomic E-state index is 5.68. The van der Waals surface area contributed by atoms with E-state index in [1.54, 1.807) is 0 Å². The first-order chi connectivity index (χ1) is 9.20. The quantitative estimate of drug-likeness (QED) is 0.802. The molecule has 0 unspecified atom stereocenters. The van der Waals surface area contributed by atoms with Gasteiger partial charge in [0.2, 0.25) is 0 Å². The molecule has 0 amide bonds. The zero-order chi connectivity index (χ0) is 13.7. The molecular weight excluding hydrogens is 238 g/mol.